The van der Waals surface area contributed by atoms with Crippen molar-refractivity contribution in [2.24, 2.45) is 0 Å². The van der Waals surface area contributed by atoms with Gasteiger partial charge in [0, 0.05) is 147 Å². The molecule has 3 N–H and O–H groups in total. The Morgan fingerprint density at radius 2 is 0.486 bits per heavy atom. The van der Waals surface area contributed by atoms with Gasteiger partial charge in [-0.3, -0.25) is 91.1 Å². The van der Waals surface area contributed by atoms with Crippen LogP contribution in [0.1, 0.15) is 372 Å². The molecule has 0 aromatic carbocycles. The third kappa shape index (κ3) is 146. The van der Waals surface area contributed by atoms with E-state index in [1.165, 1.54) is 20.8 Å². The minimum absolute atomic E-state index is 0.0720. The van der Waals surface area contributed by atoms with E-state index >= 15 is 0 Å². The first-order valence-corrected chi connectivity index (χ1v) is 42.8. The molecule has 0 radical (unpaired) electrons. The summed E-state index contributed by atoms with van der Waals surface area (Å²) in [5.41, 5.74) is -2.53. The molecule has 0 heterocycles. The number of rotatable bonds is 58. The van der Waals surface area contributed by atoms with Crippen LogP contribution in [-0.4, -0.2) is 319 Å². The molecule has 0 saturated carbocycles. The van der Waals surface area contributed by atoms with E-state index in [-0.39, 0.29) is 26.4 Å². The van der Waals surface area contributed by atoms with Crippen LogP contribution in [0.2, 0.25) is 0 Å². The van der Waals surface area contributed by atoms with Crippen molar-refractivity contribution in [1.29, 1.82) is 0 Å². The lowest BCUT2D eigenvalue weighted by Gasteiger charge is -2.19. The molecule has 0 bridgehead atoms. The predicted octanol–water partition coefficient (Wildman–Crippen LogP) is 8.94. The average molecular weight is 2180 g/mol. The fourth-order valence-electron chi connectivity index (χ4n) is 5.94. The molecule has 0 saturated heterocycles. The molecule has 51 heteroatoms. The normalized spacial score (nSPS) is 16.2. The van der Waals surface area contributed by atoms with Crippen LogP contribution >= 0.6 is 0 Å². The van der Waals surface area contributed by atoms with Gasteiger partial charge >= 0.3 is 149 Å². The SMILES string of the molecule is [2H]C([2H])(CC(=O)O)C(=O)OC(C)(C)C.[2H]C([2H])(CC([2H])([2H])C(=O)O)OC(C)=O.[2H]C([2H])(CC([2H])([2H])C(=O)OC(C)(C)C)OC(C)=O.[2H]C([2H])(CC([2H])([2H])C(=O)OCC(=O)OC)OC(C)=O.[2H]C([2H])(CC([2H])([2H])C(=O)OCC(=O)OCC)OC(C)=O.[2H]C([2H])(CC([2H])([2H])C(=O)OCC(=O)OCCCC)OC(C)=O.[2H]C([2H])(CC([2H])([2H])C(=O)O[C@@H](C)C(=O)OC)OC(C)=O.[2H]C([2H])(CC([2H])([2H])C(=O)O[C@@H](C)C(=O)OCC)OC(C)=O.[2H]C([2H])(CC([2H])([2H])C(=O)O[C@@H](C)C(=O)OCCCC)OC(C)=O.[2H]C([2H])(O)CC([2H])([2H])C(=O)OC(C)(C)C. The van der Waals surface area contributed by atoms with Crippen molar-refractivity contribution in [2.45, 2.75) is 355 Å². The van der Waals surface area contributed by atoms with Crippen molar-refractivity contribution >= 4 is 149 Å². The van der Waals surface area contributed by atoms with Gasteiger partial charge in [0.05, 0.1) is 131 Å². The highest BCUT2D eigenvalue weighted by Crippen LogP contribution is 2.13. The molecular weight excluding hydrogens is 1980 g/mol. The smallest absolute Gasteiger partial charge is 0.347 e. The maximum atomic E-state index is 11.8. The summed E-state index contributed by atoms with van der Waals surface area (Å²) in [6, 6.07) is 0. The summed E-state index contributed by atoms with van der Waals surface area (Å²) >= 11 is 0. The molecule has 0 rings (SSSR count). The van der Waals surface area contributed by atoms with Crippen LogP contribution in [0.3, 0.4) is 0 Å². The van der Waals surface area contributed by atoms with Crippen molar-refractivity contribution in [3.05, 3.63) is 0 Å². The zero-order valence-electron chi connectivity index (χ0n) is 125. The molecule has 0 aromatic heterocycles. The van der Waals surface area contributed by atoms with E-state index in [1.54, 1.807) is 76.2 Å². The largest absolute Gasteiger partial charge is 0.481 e. The van der Waals surface area contributed by atoms with Gasteiger partial charge in [-0.2, -0.15) is 0 Å². The molecule has 0 aliphatic rings. The van der Waals surface area contributed by atoms with Crippen LogP contribution < -0.4 is 0 Å². The first kappa shape index (κ1) is 91.0. The number of aliphatic hydroxyl groups is 1. The van der Waals surface area contributed by atoms with E-state index in [4.69, 9.17) is 91.1 Å². The van der Waals surface area contributed by atoms with Crippen molar-refractivity contribution in [1.82, 2.24) is 0 Å². The molecule has 51 nitrogen and oxygen atoms in total. The van der Waals surface area contributed by atoms with Gasteiger partial charge in [-0.25, -0.2) is 28.8 Å². The summed E-state index contributed by atoms with van der Waals surface area (Å²) in [7, 11) is 2.13. The Bertz CT molecular complexity index is 5680. The highest BCUT2D eigenvalue weighted by Gasteiger charge is 2.24. The van der Waals surface area contributed by atoms with Crippen LogP contribution in [0.4, 0.5) is 0 Å². The summed E-state index contributed by atoms with van der Waals surface area (Å²) in [4.78, 5) is 276. The Morgan fingerprint density at radius 1 is 0.250 bits per heavy atom. The summed E-state index contributed by atoms with van der Waals surface area (Å²) in [5.74, 6) is -28.0. The van der Waals surface area contributed by atoms with Crippen LogP contribution in [0.25, 0.3) is 0 Å². The Balaban J connectivity index is -0.000000232. The topological polar surface area (TPSA) is 700 Å². The first-order valence-electron chi connectivity index (χ1n) is 61.8. The van der Waals surface area contributed by atoms with Crippen LogP contribution in [0.15, 0.2) is 0 Å². The molecule has 3 atom stereocenters. The van der Waals surface area contributed by atoms with Crippen molar-refractivity contribution in [3.8, 4) is 0 Å². The second kappa shape index (κ2) is 102. The minimum Gasteiger partial charge on any atom is -0.481 e. The molecule has 0 amide bonds. The molecule has 148 heavy (non-hydrogen) atoms. The van der Waals surface area contributed by atoms with Crippen LogP contribution in [-0.2, 0) is 229 Å². The number of methoxy groups -OCH3 is 2. The highest BCUT2D eigenvalue weighted by molar-refractivity contribution is 5.82. The zero-order valence-corrected chi connectivity index (χ0v) is 87.0. The number of carboxylic acid groups (broad SMARTS) is 2. The predicted molar refractivity (Wildman–Crippen MR) is 514 cm³/mol. The summed E-state index contributed by atoms with van der Waals surface area (Å²) < 4.78 is 379. The summed E-state index contributed by atoms with van der Waals surface area (Å²) in [6.07, 6.45) is -38.2. The summed E-state index contributed by atoms with van der Waals surface area (Å²) in [6.45, 7) is 6.60. The van der Waals surface area contributed by atoms with Crippen LogP contribution in [0, 0.1) is 0 Å². The van der Waals surface area contributed by atoms with Gasteiger partial charge < -0.3 is 124 Å². The molecule has 0 aromatic rings. The molecule has 858 valence electrons. The maximum Gasteiger partial charge on any atom is 0.347 e. The molecule has 0 fully saturated rings. The number of esters is 23. The number of unbranched alkanes of at least 4 members (excludes halogenated alkanes) is 2. The lowest BCUT2D eigenvalue weighted by atomic mass is 10.2. The van der Waals surface area contributed by atoms with Crippen molar-refractivity contribution in [3.63, 3.8) is 0 Å². The first-order chi connectivity index (χ1) is 82.4. The minimum atomic E-state index is -2.78. The van der Waals surface area contributed by atoms with E-state index in [0.29, 0.717) is 12.8 Å². The fraction of sp³-hybridized carbons (Fsp3) is 0.742. The van der Waals surface area contributed by atoms with E-state index in [1.807, 2.05) is 13.8 Å². The third-order valence-corrected chi connectivity index (χ3v) is 11.4. The van der Waals surface area contributed by atoms with Gasteiger partial charge in [-0.1, -0.05) is 26.7 Å². The van der Waals surface area contributed by atoms with E-state index in [9.17, 15) is 120 Å². The van der Waals surface area contributed by atoms with Gasteiger partial charge in [0.2, 0.25) is 0 Å². The molecule has 0 unspecified atom stereocenters. The molecule has 0 aliphatic heterocycles. The van der Waals surface area contributed by atoms with E-state index in [0.717, 1.165) is 82.5 Å². The Labute approximate surface area is 918 Å². The second-order valence-electron chi connectivity index (χ2n) is 28.4. The van der Waals surface area contributed by atoms with Gasteiger partial charge in [-0.05, 0) is 168 Å². The van der Waals surface area contributed by atoms with Gasteiger partial charge in [-0.15, -0.1) is 0 Å². The standard InChI is InChI=1S/C13H22O6.C12H20O6.C11H18O6.2C10H16O6.C10H18O4.C9H14O6.C8H14O4.C8H16O3.C6H10O4/c1-4-5-8-18-13(16)10(2)19-12(15)7-6-9-17-11(3)14;1-3-4-7-17-12(15)9-18-11(14)6-5-8-16-10(2)13;1-4-15-11(14)8(2)17-10(13)6-5-7-16-9(3)12;1-7(10(13)14-3)16-9(12)5-4-6-15-8(2)11;1-3-14-10(13)7-16-9(12)5-4-6-15-8(2)11;1-8(11)13-7-5-6-9(12)14-10(2,3)4;1-7(10)14-5-3-4-8(11)15-6-9(12)13-2;1-8(2,3)12-7(11)5-4-6(9)10;1-8(2,3)11-7(10)5-4-6-9;1-5(7)10-4-2-3-6(8)9/h10H,4-9H2,1-3H3;3-9H2,1-2H3;8H,4-7H2,1-3H3;7H,4-6H2,1-3H3;3-7H2,1-2H3;5-7H2,1-4H3;3-6H2,1-2H3;4-5H2,1-3H3,(H,9,10);9H,4-6H2,1-3H3;2-4H2,1H3,(H,8,9)/t10-;;8-;7-;;;;;;/m0.00....../s1/i7D2,9D2;6D2,8D2;6D2,7D2;2*5D2,6D2;6D2,7D2;4D2,5D2;5D2;5D2,6D2;3D2,4D2. The number of aliphatic carboxylic acids is 2. The Morgan fingerprint density at radius 3 is 0.730 bits per heavy atom. The van der Waals surface area contributed by atoms with Gasteiger partial charge in [0.15, 0.2) is 38.1 Å². The number of carbonyl (C=O) groups excluding carboxylic acids is 23. The number of hydrogen-bond acceptors (Lipinski definition) is 49. The Kier molecular flexibility index (Phi) is 62.9. The van der Waals surface area contributed by atoms with E-state index in [2.05, 4.69) is 85.3 Å². The second-order valence-corrected chi connectivity index (χ2v) is 28.4. The lowest BCUT2D eigenvalue weighted by molar-refractivity contribution is -0.166. The van der Waals surface area contributed by atoms with Crippen LogP contribution in [0.5, 0.6) is 0 Å². The fourth-order valence-corrected chi connectivity index (χ4v) is 5.94. The maximum absolute atomic E-state index is 11.8. The summed E-state index contributed by atoms with van der Waals surface area (Å²) in [5, 5.41) is 25.5. The molecule has 0 aliphatic carbocycles. The molecular formula is C97H164O51. The number of hydrogen-bond donors (Lipinski definition) is 3. The third-order valence-electron chi connectivity index (χ3n) is 11.4. The molecule has 0 spiro atoms. The van der Waals surface area contributed by atoms with Gasteiger partial charge in [0.1, 0.15) is 16.8 Å². The van der Waals surface area contributed by atoms with E-state index < -0.39 is 391 Å². The average Bonchev–Trinajstić information content (AvgIpc) is 0.551. The van der Waals surface area contributed by atoms with Crippen molar-refractivity contribution < 1.29 is 296 Å². The highest BCUT2D eigenvalue weighted by atomic mass is 16.6. The monoisotopic (exact) mass is 2180 g/mol. The lowest BCUT2D eigenvalue weighted by Crippen LogP contribution is -2.26. The zero-order chi connectivity index (χ0) is 150. The number of carboxylic acids is 2. The van der Waals surface area contributed by atoms with Gasteiger partial charge in [0.25, 0.3) is 0 Å². The van der Waals surface area contributed by atoms with Crippen molar-refractivity contribution in [2.75, 3.05) is 119 Å². The Hall–Kier alpha value is -13.3. The number of ether oxygens (including phenoxy) is 23. The quantitative estimate of drug-likeness (QED) is 0.0290. The number of carbonyl (C=O) groups is 25.